The SMILES string of the molecule is N#Cc1nc(N2CCC(OC3CCOCC3)CC2)ccc1Cl. The van der Waals surface area contributed by atoms with Crippen LogP contribution in [0.25, 0.3) is 0 Å². The van der Waals surface area contributed by atoms with E-state index < -0.39 is 0 Å². The molecule has 0 unspecified atom stereocenters. The Morgan fingerprint density at radius 2 is 1.86 bits per heavy atom. The van der Waals surface area contributed by atoms with Gasteiger partial charge in [0.05, 0.1) is 17.2 Å². The molecule has 3 rings (SSSR count). The van der Waals surface area contributed by atoms with Gasteiger partial charge in [-0.3, -0.25) is 0 Å². The number of ether oxygens (including phenoxy) is 2. The molecule has 5 nitrogen and oxygen atoms in total. The zero-order valence-corrected chi connectivity index (χ0v) is 13.3. The van der Waals surface area contributed by atoms with Gasteiger partial charge < -0.3 is 14.4 Å². The van der Waals surface area contributed by atoms with Crippen LogP contribution in [0.5, 0.6) is 0 Å². The molecule has 22 heavy (non-hydrogen) atoms. The number of hydrogen-bond donors (Lipinski definition) is 0. The molecule has 2 fully saturated rings. The van der Waals surface area contributed by atoms with Crippen LogP contribution in [0.4, 0.5) is 5.82 Å². The van der Waals surface area contributed by atoms with Gasteiger partial charge >= 0.3 is 0 Å². The van der Waals surface area contributed by atoms with E-state index in [1.807, 2.05) is 12.1 Å². The Labute approximate surface area is 135 Å². The Hall–Kier alpha value is -1.35. The fourth-order valence-corrected chi connectivity index (χ4v) is 3.14. The lowest BCUT2D eigenvalue weighted by atomic mass is 10.1. The third-order valence-corrected chi connectivity index (χ3v) is 4.56. The number of piperidine rings is 1. The second-order valence-electron chi connectivity index (χ2n) is 5.75. The molecule has 0 aliphatic carbocycles. The van der Waals surface area contributed by atoms with Crippen molar-refractivity contribution in [2.24, 2.45) is 0 Å². The van der Waals surface area contributed by atoms with Crippen molar-refractivity contribution in [2.75, 3.05) is 31.2 Å². The molecule has 3 heterocycles. The van der Waals surface area contributed by atoms with E-state index in [1.54, 1.807) is 6.07 Å². The van der Waals surface area contributed by atoms with Crippen LogP contribution in [-0.4, -0.2) is 43.5 Å². The number of nitrogens with zero attached hydrogens (tertiary/aromatic N) is 3. The summed E-state index contributed by atoms with van der Waals surface area (Å²) in [4.78, 5) is 6.53. The number of nitriles is 1. The molecule has 2 saturated heterocycles. The van der Waals surface area contributed by atoms with Crippen LogP contribution in [0.15, 0.2) is 12.1 Å². The van der Waals surface area contributed by atoms with Crippen molar-refractivity contribution in [3.63, 3.8) is 0 Å². The van der Waals surface area contributed by atoms with Crippen LogP contribution in [0, 0.1) is 11.3 Å². The molecule has 0 amide bonds. The summed E-state index contributed by atoms with van der Waals surface area (Å²) >= 11 is 5.93. The summed E-state index contributed by atoms with van der Waals surface area (Å²) in [5.41, 5.74) is 0.291. The average Bonchev–Trinajstić information content (AvgIpc) is 2.57. The van der Waals surface area contributed by atoms with Gasteiger partial charge in [0.25, 0.3) is 0 Å². The Balaban J connectivity index is 1.54. The highest BCUT2D eigenvalue weighted by molar-refractivity contribution is 6.31. The molecule has 0 bridgehead atoms. The smallest absolute Gasteiger partial charge is 0.161 e. The van der Waals surface area contributed by atoms with Gasteiger partial charge in [-0.1, -0.05) is 11.6 Å². The molecular weight excluding hydrogens is 302 g/mol. The van der Waals surface area contributed by atoms with Crippen molar-refractivity contribution in [1.82, 2.24) is 4.98 Å². The first kappa shape index (κ1) is 15.5. The number of anilines is 1. The largest absolute Gasteiger partial charge is 0.381 e. The second-order valence-corrected chi connectivity index (χ2v) is 6.15. The van der Waals surface area contributed by atoms with Crippen molar-refractivity contribution < 1.29 is 9.47 Å². The molecule has 1 aromatic rings. The van der Waals surface area contributed by atoms with Gasteiger partial charge in [0.1, 0.15) is 11.9 Å². The molecule has 2 aliphatic rings. The van der Waals surface area contributed by atoms with Gasteiger partial charge in [0, 0.05) is 26.3 Å². The van der Waals surface area contributed by atoms with E-state index in [4.69, 9.17) is 26.3 Å². The van der Waals surface area contributed by atoms with Crippen LogP contribution in [0.2, 0.25) is 5.02 Å². The Morgan fingerprint density at radius 3 is 2.55 bits per heavy atom. The third kappa shape index (κ3) is 3.70. The molecule has 0 saturated carbocycles. The summed E-state index contributed by atoms with van der Waals surface area (Å²) in [6, 6.07) is 5.65. The van der Waals surface area contributed by atoms with Crippen LogP contribution in [-0.2, 0) is 9.47 Å². The number of hydrogen-bond acceptors (Lipinski definition) is 5. The summed E-state index contributed by atoms with van der Waals surface area (Å²) in [5, 5.41) is 9.43. The zero-order chi connectivity index (χ0) is 15.4. The average molecular weight is 322 g/mol. The van der Waals surface area contributed by atoms with Crippen LogP contribution in [0.3, 0.4) is 0 Å². The lowest BCUT2D eigenvalue weighted by Gasteiger charge is -2.35. The van der Waals surface area contributed by atoms with Gasteiger partial charge in [-0.25, -0.2) is 4.98 Å². The highest BCUT2D eigenvalue weighted by atomic mass is 35.5. The maximum Gasteiger partial charge on any atom is 0.161 e. The summed E-state index contributed by atoms with van der Waals surface area (Å²) in [5.74, 6) is 0.825. The number of pyridine rings is 1. The minimum Gasteiger partial charge on any atom is -0.381 e. The molecule has 0 N–H and O–H groups in total. The summed E-state index contributed by atoms with van der Waals surface area (Å²) in [6.45, 7) is 3.42. The van der Waals surface area contributed by atoms with E-state index in [2.05, 4.69) is 9.88 Å². The molecule has 0 atom stereocenters. The fourth-order valence-electron chi connectivity index (χ4n) is 2.99. The lowest BCUT2D eigenvalue weighted by Crippen LogP contribution is -2.39. The molecule has 118 valence electrons. The first-order chi connectivity index (χ1) is 10.8. The maximum absolute atomic E-state index is 9.02. The van der Waals surface area contributed by atoms with Crippen LogP contribution < -0.4 is 4.90 Å². The maximum atomic E-state index is 9.02. The molecule has 2 aliphatic heterocycles. The van der Waals surface area contributed by atoms with E-state index in [1.165, 1.54) is 0 Å². The lowest BCUT2D eigenvalue weighted by molar-refractivity contribution is -0.0743. The van der Waals surface area contributed by atoms with Crippen molar-refractivity contribution in [2.45, 2.75) is 37.9 Å². The Kier molecular flexibility index (Phi) is 5.14. The van der Waals surface area contributed by atoms with E-state index in [0.717, 1.165) is 57.8 Å². The normalized spacial score (nSPS) is 20.8. The number of rotatable bonds is 3. The molecule has 0 aromatic carbocycles. The molecule has 0 radical (unpaired) electrons. The molecule has 1 aromatic heterocycles. The van der Waals surface area contributed by atoms with Crippen LogP contribution >= 0.6 is 11.6 Å². The Morgan fingerprint density at radius 1 is 1.18 bits per heavy atom. The van der Waals surface area contributed by atoms with E-state index in [0.29, 0.717) is 22.9 Å². The van der Waals surface area contributed by atoms with Crippen molar-refractivity contribution in [3.8, 4) is 6.07 Å². The standard InChI is InChI=1S/C16H20ClN3O2/c17-14-1-2-16(19-15(14)11-18)20-7-3-12(4-8-20)22-13-5-9-21-10-6-13/h1-2,12-13H,3-10H2. The zero-order valence-electron chi connectivity index (χ0n) is 12.5. The summed E-state index contributed by atoms with van der Waals surface area (Å²) < 4.78 is 11.5. The van der Waals surface area contributed by atoms with Crippen molar-refractivity contribution >= 4 is 17.4 Å². The van der Waals surface area contributed by atoms with Gasteiger partial charge in [-0.2, -0.15) is 5.26 Å². The third-order valence-electron chi connectivity index (χ3n) is 4.26. The van der Waals surface area contributed by atoms with Gasteiger partial charge in [0.15, 0.2) is 5.69 Å². The predicted molar refractivity (Wildman–Crippen MR) is 84.1 cm³/mol. The molecule has 6 heteroatoms. The first-order valence-corrected chi connectivity index (χ1v) is 8.19. The predicted octanol–water partition coefficient (Wildman–Crippen LogP) is 2.77. The number of halogens is 1. The van der Waals surface area contributed by atoms with E-state index in [9.17, 15) is 0 Å². The topological polar surface area (TPSA) is 58.4 Å². The minimum atomic E-state index is 0.291. The Bertz CT molecular complexity index is 547. The highest BCUT2D eigenvalue weighted by Crippen LogP contribution is 2.24. The quantitative estimate of drug-likeness (QED) is 0.856. The monoisotopic (exact) mass is 321 g/mol. The number of aromatic nitrogens is 1. The van der Waals surface area contributed by atoms with E-state index >= 15 is 0 Å². The highest BCUT2D eigenvalue weighted by Gasteiger charge is 2.25. The van der Waals surface area contributed by atoms with Gasteiger partial charge in [-0.05, 0) is 37.8 Å². The van der Waals surface area contributed by atoms with Gasteiger partial charge in [-0.15, -0.1) is 0 Å². The summed E-state index contributed by atoms with van der Waals surface area (Å²) in [6.07, 6.45) is 4.66. The van der Waals surface area contributed by atoms with Crippen molar-refractivity contribution in [3.05, 3.63) is 22.8 Å². The fraction of sp³-hybridized carbons (Fsp3) is 0.625. The second kappa shape index (κ2) is 7.28. The van der Waals surface area contributed by atoms with Crippen LogP contribution in [0.1, 0.15) is 31.4 Å². The van der Waals surface area contributed by atoms with Gasteiger partial charge in [0.2, 0.25) is 0 Å². The molecule has 0 spiro atoms. The van der Waals surface area contributed by atoms with Crippen molar-refractivity contribution in [1.29, 1.82) is 5.26 Å². The first-order valence-electron chi connectivity index (χ1n) is 7.81. The molecular formula is C16H20ClN3O2. The van der Waals surface area contributed by atoms with E-state index in [-0.39, 0.29) is 0 Å². The summed E-state index contributed by atoms with van der Waals surface area (Å²) in [7, 11) is 0. The minimum absolute atomic E-state index is 0.291.